The molecule has 0 saturated carbocycles. The van der Waals surface area contributed by atoms with Crippen LogP contribution in [0.3, 0.4) is 0 Å². The third-order valence-electron chi connectivity index (χ3n) is 2.63. The number of hydrogen-bond acceptors (Lipinski definition) is 3. The summed E-state index contributed by atoms with van der Waals surface area (Å²) >= 11 is 1.70. The van der Waals surface area contributed by atoms with Gasteiger partial charge in [0.05, 0.1) is 12.6 Å². The standard InChI is InChI=1S/C11H20N4S/c1-3-15(4-2)10(7-14-11(12)13)9-5-6-16-8-9/h5-6,8,10H,3-4,7H2,1-2H3,(H4,12,13,14). The van der Waals surface area contributed by atoms with Crippen LogP contribution in [0, 0.1) is 0 Å². The zero-order valence-electron chi connectivity index (χ0n) is 9.89. The van der Waals surface area contributed by atoms with E-state index in [-0.39, 0.29) is 12.0 Å². The maximum absolute atomic E-state index is 5.39. The normalized spacial score (nSPS) is 12.7. The molecule has 0 aliphatic heterocycles. The zero-order valence-corrected chi connectivity index (χ0v) is 10.7. The van der Waals surface area contributed by atoms with E-state index in [2.05, 4.69) is 40.6 Å². The first-order valence-corrected chi connectivity index (χ1v) is 6.44. The molecule has 1 heterocycles. The number of likely N-dealkylation sites (N-methyl/N-ethyl adjacent to an activating group) is 1. The maximum Gasteiger partial charge on any atom is 0.185 e. The fraction of sp³-hybridized carbons (Fsp3) is 0.545. The van der Waals surface area contributed by atoms with E-state index in [0.717, 1.165) is 13.1 Å². The minimum Gasteiger partial charge on any atom is -0.370 e. The second-order valence-electron chi connectivity index (χ2n) is 3.56. The first-order chi connectivity index (χ1) is 7.69. The highest BCUT2D eigenvalue weighted by molar-refractivity contribution is 7.07. The van der Waals surface area contributed by atoms with Crippen molar-refractivity contribution in [3.63, 3.8) is 0 Å². The molecule has 0 aliphatic carbocycles. The molecule has 90 valence electrons. The maximum atomic E-state index is 5.39. The van der Waals surface area contributed by atoms with Crippen molar-refractivity contribution in [3.8, 4) is 0 Å². The van der Waals surface area contributed by atoms with Crippen LogP contribution in [0.5, 0.6) is 0 Å². The predicted octanol–water partition coefficient (Wildman–Crippen LogP) is 1.40. The molecule has 0 fully saturated rings. The zero-order chi connectivity index (χ0) is 12.0. The van der Waals surface area contributed by atoms with Gasteiger partial charge in [-0.3, -0.25) is 9.89 Å². The molecule has 1 rings (SSSR count). The van der Waals surface area contributed by atoms with Gasteiger partial charge in [-0.15, -0.1) is 0 Å². The Hall–Kier alpha value is -1.07. The topological polar surface area (TPSA) is 67.6 Å². The summed E-state index contributed by atoms with van der Waals surface area (Å²) in [6, 6.07) is 2.42. The molecular weight excluding hydrogens is 220 g/mol. The largest absolute Gasteiger partial charge is 0.370 e. The Labute approximate surface area is 101 Å². The van der Waals surface area contributed by atoms with Crippen LogP contribution in [-0.2, 0) is 0 Å². The van der Waals surface area contributed by atoms with Gasteiger partial charge in [-0.1, -0.05) is 13.8 Å². The number of guanidine groups is 1. The monoisotopic (exact) mass is 240 g/mol. The molecule has 0 aromatic carbocycles. The summed E-state index contributed by atoms with van der Waals surface area (Å²) in [5.74, 6) is 0.160. The number of aliphatic imine (C=N–C) groups is 1. The Morgan fingerprint density at radius 3 is 2.56 bits per heavy atom. The molecule has 1 atom stereocenters. The van der Waals surface area contributed by atoms with Crippen molar-refractivity contribution in [2.75, 3.05) is 19.6 Å². The van der Waals surface area contributed by atoms with Gasteiger partial charge in [-0.25, -0.2) is 0 Å². The van der Waals surface area contributed by atoms with Crippen LogP contribution in [-0.4, -0.2) is 30.5 Å². The second kappa shape index (κ2) is 6.50. The Morgan fingerprint density at radius 1 is 1.44 bits per heavy atom. The molecule has 0 saturated heterocycles. The molecule has 1 aromatic heterocycles. The number of nitrogens with two attached hydrogens (primary N) is 2. The van der Waals surface area contributed by atoms with Gasteiger partial charge in [-0.2, -0.15) is 11.3 Å². The summed E-state index contributed by atoms with van der Waals surface area (Å²) in [6.45, 7) is 6.92. The van der Waals surface area contributed by atoms with Crippen LogP contribution in [0.1, 0.15) is 25.5 Å². The number of nitrogens with zero attached hydrogens (tertiary/aromatic N) is 2. The number of hydrogen-bond donors (Lipinski definition) is 2. The van der Waals surface area contributed by atoms with E-state index in [4.69, 9.17) is 11.5 Å². The van der Waals surface area contributed by atoms with E-state index >= 15 is 0 Å². The van der Waals surface area contributed by atoms with E-state index in [1.807, 2.05) is 0 Å². The molecule has 4 nitrogen and oxygen atoms in total. The van der Waals surface area contributed by atoms with E-state index < -0.39 is 0 Å². The minimum absolute atomic E-state index is 0.160. The van der Waals surface area contributed by atoms with E-state index in [1.165, 1.54) is 5.56 Å². The summed E-state index contributed by atoms with van der Waals surface area (Å²) in [6.07, 6.45) is 0. The van der Waals surface area contributed by atoms with Gasteiger partial charge in [0.2, 0.25) is 0 Å². The van der Waals surface area contributed by atoms with E-state index in [0.29, 0.717) is 6.54 Å². The van der Waals surface area contributed by atoms with Gasteiger partial charge in [0.25, 0.3) is 0 Å². The highest BCUT2D eigenvalue weighted by Crippen LogP contribution is 2.23. The average molecular weight is 240 g/mol. The minimum atomic E-state index is 0.160. The molecular formula is C11H20N4S. The average Bonchev–Trinajstić information content (AvgIpc) is 2.77. The van der Waals surface area contributed by atoms with Crippen LogP contribution < -0.4 is 11.5 Å². The van der Waals surface area contributed by atoms with Crippen LogP contribution in [0.15, 0.2) is 21.8 Å². The van der Waals surface area contributed by atoms with E-state index in [1.54, 1.807) is 11.3 Å². The van der Waals surface area contributed by atoms with E-state index in [9.17, 15) is 0 Å². The lowest BCUT2D eigenvalue weighted by Gasteiger charge is -2.27. The van der Waals surface area contributed by atoms with Crippen molar-refractivity contribution < 1.29 is 0 Å². The van der Waals surface area contributed by atoms with Gasteiger partial charge in [0.15, 0.2) is 5.96 Å². The molecule has 1 unspecified atom stereocenters. The SMILES string of the molecule is CCN(CC)C(CN=C(N)N)c1ccsc1. The Morgan fingerprint density at radius 2 is 2.12 bits per heavy atom. The number of thiophene rings is 1. The van der Waals surface area contributed by atoms with Crippen molar-refractivity contribution in [1.82, 2.24) is 4.90 Å². The molecule has 1 aromatic rings. The Kier molecular flexibility index (Phi) is 5.28. The van der Waals surface area contributed by atoms with Crippen molar-refractivity contribution >= 4 is 17.3 Å². The molecule has 16 heavy (non-hydrogen) atoms. The molecule has 0 aliphatic rings. The lowest BCUT2D eigenvalue weighted by molar-refractivity contribution is 0.225. The summed E-state index contributed by atoms with van der Waals surface area (Å²) in [5, 5.41) is 4.24. The molecule has 5 heteroatoms. The van der Waals surface area contributed by atoms with Gasteiger partial charge in [-0.05, 0) is 35.5 Å². The molecule has 0 radical (unpaired) electrons. The van der Waals surface area contributed by atoms with Crippen molar-refractivity contribution in [3.05, 3.63) is 22.4 Å². The first kappa shape index (κ1) is 13.0. The molecule has 0 bridgehead atoms. The fourth-order valence-corrected chi connectivity index (χ4v) is 2.46. The Bertz CT molecular complexity index is 313. The van der Waals surface area contributed by atoms with Crippen LogP contribution >= 0.6 is 11.3 Å². The third kappa shape index (κ3) is 3.50. The first-order valence-electron chi connectivity index (χ1n) is 5.50. The third-order valence-corrected chi connectivity index (χ3v) is 3.33. The van der Waals surface area contributed by atoms with Crippen molar-refractivity contribution in [2.24, 2.45) is 16.5 Å². The fourth-order valence-electron chi connectivity index (χ4n) is 1.75. The Balaban J connectivity index is 2.81. The molecule has 4 N–H and O–H groups in total. The van der Waals surface area contributed by atoms with Gasteiger partial charge >= 0.3 is 0 Å². The van der Waals surface area contributed by atoms with Crippen LogP contribution in [0.2, 0.25) is 0 Å². The number of rotatable bonds is 6. The van der Waals surface area contributed by atoms with Crippen LogP contribution in [0.25, 0.3) is 0 Å². The predicted molar refractivity (Wildman–Crippen MR) is 70.7 cm³/mol. The second-order valence-corrected chi connectivity index (χ2v) is 4.34. The molecule has 0 spiro atoms. The van der Waals surface area contributed by atoms with Crippen molar-refractivity contribution in [1.29, 1.82) is 0 Å². The molecule has 0 amide bonds. The lowest BCUT2D eigenvalue weighted by atomic mass is 10.1. The highest BCUT2D eigenvalue weighted by atomic mass is 32.1. The summed E-state index contributed by atoms with van der Waals surface area (Å²) < 4.78 is 0. The summed E-state index contributed by atoms with van der Waals surface area (Å²) in [7, 11) is 0. The lowest BCUT2D eigenvalue weighted by Crippen LogP contribution is -2.32. The summed E-state index contributed by atoms with van der Waals surface area (Å²) in [5.41, 5.74) is 12.1. The summed E-state index contributed by atoms with van der Waals surface area (Å²) in [4.78, 5) is 6.49. The van der Waals surface area contributed by atoms with Gasteiger partial charge in [0, 0.05) is 0 Å². The van der Waals surface area contributed by atoms with Gasteiger partial charge < -0.3 is 11.5 Å². The van der Waals surface area contributed by atoms with Gasteiger partial charge in [0.1, 0.15) is 0 Å². The quantitative estimate of drug-likeness (QED) is 0.583. The highest BCUT2D eigenvalue weighted by Gasteiger charge is 2.17. The van der Waals surface area contributed by atoms with Crippen LogP contribution in [0.4, 0.5) is 0 Å². The van der Waals surface area contributed by atoms with Crippen molar-refractivity contribution in [2.45, 2.75) is 19.9 Å². The smallest absolute Gasteiger partial charge is 0.185 e.